The summed E-state index contributed by atoms with van der Waals surface area (Å²) in [6.07, 6.45) is -2.57. The minimum absolute atomic E-state index is 0.128. The molecule has 96 valence electrons. The van der Waals surface area contributed by atoms with Crippen LogP contribution in [0, 0.1) is 5.92 Å². The second-order valence-corrected chi connectivity index (χ2v) is 5.62. The van der Waals surface area contributed by atoms with Crippen molar-refractivity contribution in [2.45, 2.75) is 43.7 Å². The summed E-state index contributed by atoms with van der Waals surface area (Å²) in [5, 5.41) is 9.46. The van der Waals surface area contributed by atoms with Crippen molar-refractivity contribution in [1.82, 2.24) is 10.2 Å². The highest BCUT2D eigenvalue weighted by molar-refractivity contribution is 7.11. The number of rotatable bonds is 2. The SMILES string of the molecule is FC(F)(F)C1CCC(c2nnc(CCl)s2)CC1. The van der Waals surface area contributed by atoms with E-state index in [9.17, 15) is 13.2 Å². The van der Waals surface area contributed by atoms with Gasteiger partial charge < -0.3 is 0 Å². The van der Waals surface area contributed by atoms with E-state index in [0.29, 0.717) is 18.7 Å². The van der Waals surface area contributed by atoms with E-state index in [1.54, 1.807) is 0 Å². The van der Waals surface area contributed by atoms with Gasteiger partial charge in [0.1, 0.15) is 10.0 Å². The van der Waals surface area contributed by atoms with Crippen LogP contribution in [-0.4, -0.2) is 16.4 Å². The third kappa shape index (κ3) is 3.10. The van der Waals surface area contributed by atoms with Gasteiger partial charge in [0.25, 0.3) is 0 Å². The fraction of sp³-hybridized carbons (Fsp3) is 0.800. The standard InChI is InChI=1S/C10H12ClF3N2S/c11-5-8-15-16-9(17-8)6-1-3-7(4-2-6)10(12,13)14/h6-7H,1-5H2. The number of nitrogens with zero attached hydrogens (tertiary/aromatic N) is 2. The molecule has 0 atom stereocenters. The van der Waals surface area contributed by atoms with E-state index in [2.05, 4.69) is 10.2 Å². The number of hydrogen-bond donors (Lipinski definition) is 0. The first-order valence-electron chi connectivity index (χ1n) is 5.45. The lowest BCUT2D eigenvalue weighted by Crippen LogP contribution is -2.27. The van der Waals surface area contributed by atoms with Crippen LogP contribution in [0.1, 0.15) is 41.6 Å². The lowest BCUT2D eigenvalue weighted by atomic mass is 9.82. The van der Waals surface area contributed by atoms with Gasteiger partial charge in [-0.25, -0.2) is 0 Å². The number of alkyl halides is 4. The molecular formula is C10H12ClF3N2S. The maximum absolute atomic E-state index is 12.5. The molecule has 0 amide bonds. The van der Waals surface area contributed by atoms with Crippen LogP contribution in [0.15, 0.2) is 0 Å². The number of hydrogen-bond acceptors (Lipinski definition) is 3. The number of aromatic nitrogens is 2. The smallest absolute Gasteiger partial charge is 0.171 e. The highest BCUT2D eigenvalue weighted by Gasteiger charge is 2.42. The van der Waals surface area contributed by atoms with Crippen LogP contribution in [0.3, 0.4) is 0 Å². The molecule has 1 aromatic rings. The van der Waals surface area contributed by atoms with Crippen molar-refractivity contribution >= 4 is 22.9 Å². The van der Waals surface area contributed by atoms with Gasteiger partial charge in [-0.2, -0.15) is 13.2 Å². The summed E-state index contributed by atoms with van der Waals surface area (Å²) in [4.78, 5) is 0. The Labute approximate surface area is 106 Å². The van der Waals surface area contributed by atoms with E-state index in [0.717, 1.165) is 10.0 Å². The lowest BCUT2D eigenvalue weighted by Gasteiger charge is -2.28. The second-order valence-electron chi connectivity index (χ2n) is 4.26. The zero-order valence-electron chi connectivity index (χ0n) is 9.00. The largest absolute Gasteiger partial charge is 0.391 e. The molecule has 2 rings (SSSR count). The van der Waals surface area contributed by atoms with Gasteiger partial charge in [-0.05, 0) is 25.7 Å². The maximum Gasteiger partial charge on any atom is 0.391 e. The van der Waals surface area contributed by atoms with Gasteiger partial charge >= 0.3 is 6.18 Å². The van der Waals surface area contributed by atoms with Gasteiger partial charge in [-0.15, -0.1) is 21.8 Å². The average Bonchev–Trinajstić information content (AvgIpc) is 2.76. The third-order valence-corrected chi connectivity index (χ3v) is 4.63. The first kappa shape index (κ1) is 13.1. The van der Waals surface area contributed by atoms with Crippen LogP contribution < -0.4 is 0 Å². The zero-order valence-corrected chi connectivity index (χ0v) is 10.6. The minimum atomic E-state index is -4.05. The van der Waals surface area contributed by atoms with E-state index < -0.39 is 12.1 Å². The first-order chi connectivity index (χ1) is 8.00. The van der Waals surface area contributed by atoms with Crippen LogP contribution in [0.4, 0.5) is 13.2 Å². The Morgan fingerprint density at radius 1 is 1.18 bits per heavy atom. The Hall–Kier alpha value is -0.360. The zero-order chi connectivity index (χ0) is 12.5. The van der Waals surface area contributed by atoms with Crippen molar-refractivity contribution in [2.75, 3.05) is 0 Å². The monoisotopic (exact) mass is 284 g/mol. The number of halogens is 4. The Balaban J connectivity index is 1.95. The Kier molecular flexibility index (Phi) is 3.92. The predicted octanol–water partition coefficient (Wildman–Crippen LogP) is 4.11. The van der Waals surface area contributed by atoms with Crippen LogP contribution >= 0.6 is 22.9 Å². The molecule has 7 heteroatoms. The summed E-state index contributed by atoms with van der Waals surface area (Å²) < 4.78 is 37.5. The van der Waals surface area contributed by atoms with Gasteiger partial charge in [0.05, 0.1) is 11.8 Å². The van der Waals surface area contributed by atoms with Crippen LogP contribution in [0.25, 0.3) is 0 Å². The molecule has 0 spiro atoms. The van der Waals surface area contributed by atoms with E-state index in [4.69, 9.17) is 11.6 Å². The van der Waals surface area contributed by atoms with Crippen molar-refractivity contribution in [2.24, 2.45) is 5.92 Å². The molecule has 0 aromatic carbocycles. The third-order valence-electron chi connectivity index (χ3n) is 3.14. The molecule has 1 aliphatic carbocycles. The molecule has 0 unspecified atom stereocenters. The highest BCUT2D eigenvalue weighted by Crippen LogP contribution is 2.43. The van der Waals surface area contributed by atoms with Gasteiger partial charge in [0, 0.05) is 5.92 Å². The Bertz CT molecular complexity index is 372. The fourth-order valence-electron chi connectivity index (χ4n) is 2.15. The average molecular weight is 285 g/mol. The predicted molar refractivity (Wildman–Crippen MR) is 60.2 cm³/mol. The molecule has 1 aliphatic rings. The Morgan fingerprint density at radius 2 is 1.82 bits per heavy atom. The first-order valence-corrected chi connectivity index (χ1v) is 6.80. The van der Waals surface area contributed by atoms with Gasteiger partial charge in [0.15, 0.2) is 0 Å². The quantitative estimate of drug-likeness (QED) is 0.764. The molecule has 0 N–H and O–H groups in total. The minimum Gasteiger partial charge on any atom is -0.171 e. The molecular weight excluding hydrogens is 273 g/mol. The summed E-state index contributed by atoms with van der Waals surface area (Å²) in [7, 11) is 0. The van der Waals surface area contributed by atoms with Crippen molar-refractivity contribution in [3.05, 3.63) is 10.0 Å². The molecule has 2 nitrogen and oxygen atoms in total. The van der Waals surface area contributed by atoms with E-state index in [1.807, 2.05) is 0 Å². The normalized spacial score (nSPS) is 26.1. The van der Waals surface area contributed by atoms with Crippen molar-refractivity contribution in [3.63, 3.8) is 0 Å². The molecule has 1 aromatic heterocycles. The topological polar surface area (TPSA) is 25.8 Å². The molecule has 1 heterocycles. The molecule has 1 saturated carbocycles. The summed E-state index contributed by atoms with van der Waals surface area (Å²) in [6, 6.07) is 0. The summed E-state index contributed by atoms with van der Waals surface area (Å²) in [6.45, 7) is 0. The van der Waals surface area contributed by atoms with Gasteiger partial charge in [-0.1, -0.05) is 11.3 Å². The molecule has 1 fully saturated rings. The van der Waals surface area contributed by atoms with Gasteiger partial charge in [0.2, 0.25) is 0 Å². The molecule has 17 heavy (non-hydrogen) atoms. The Morgan fingerprint density at radius 3 is 2.29 bits per heavy atom. The van der Waals surface area contributed by atoms with Crippen LogP contribution in [0.2, 0.25) is 0 Å². The molecule has 0 aliphatic heterocycles. The summed E-state index contributed by atoms with van der Waals surface area (Å²) in [5.74, 6) is -0.697. The lowest BCUT2D eigenvalue weighted by molar-refractivity contribution is -0.182. The highest BCUT2D eigenvalue weighted by atomic mass is 35.5. The summed E-state index contributed by atoms with van der Waals surface area (Å²) in [5.41, 5.74) is 0. The summed E-state index contributed by atoms with van der Waals surface area (Å²) >= 11 is 7.03. The van der Waals surface area contributed by atoms with Gasteiger partial charge in [-0.3, -0.25) is 0 Å². The molecule has 0 bridgehead atoms. The van der Waals surface area contributed by atoms with E-state index >= 15 is 0 Å². The molecule has 0 radical (unpaired) electrons. The second kappa shape index (κ2) is 5.10. The fourth-order valence-corrected chi connectivity index (χ4v) is 3.23. The molecule has 0 saturated heterocycles. The van der Waals surface area contributed by atoms with Crippen molar-refractivity contribution < 1.29 is 13.2 Å². The van der Waals surface area contributed by atoms with Crippen LogP contribution in [-0.2, 0) is 5.88 Å². The van der Waals surface area contributed by atoms with E-state index in [1.165, 1.54) is 11.3 Å². The maximum atomic E-state index is 12.5. The van der Waals surface area contributed by atoms with Crippen molar-refractivity contribution in [3.8, 4) is 0 Å². The van der Waals surface area contributed by atoms with Crippen molar-refractivity contribution in [1.29, 1.82) is 0 Å². The van der Waals surface area contributed by atoms with E-state index in [-0.39, 0.29) is 18.8 Å². The van der Waals surface area contributed by atoms with Crippen LogP contribution in [0.5, 0.6) is 0 Å².